The van der Waals surface area contributed by atoms with Gasteiger partial charge in [-0.2, -0.15) is 0 Å². The zero-order valence-corrected chi connectivity index (χ0v) is 10.3. The van der Waals surface area contributed by atoms with Crippen LogP contribution in [-0.2, 0) is 0 Å². The highest BCUT2D eigenvalue weighted by atomic mass is 35.5. The first-order valence-corrected chi connectivity index (χ1v) is 5.60. The molecule has 15 heavy (non-hydrogen) atoms. The fraction of sp³-hybridized carbons (Fsp3) is 0.385. The molecule has 0 aliphatic carbocycles. The van der Waals surface area contributed by atoms with Crippen LogP contribution in [0.1, 0.15) is 32.4 Å². The number of rotatable bonds is 4. The Labute approximate surface area is 97.1 Å². The molecule has 0 unspecified atom stereocenters. The summed E-state index contributed by atoms with van der Waals surface area (Å²) in [6, 6.07) is 8.24. The topological polar surface area (TPSA) is 12.0 Å². The first-order chi connectivity index (χ1) is 7.11. The second-order valence-corrected chi connectivity index (χ2v) is 4.34. The van der Waals surface area contributed by atoms with E-state index >= 15 is 0 Å². The molecule has 1 aromatic rings. The molecule has 0 fully saturated rings. The summed E-state index contributed by atoms with van der Waals surface area (Å²) < 4.78 is 0. The lowest BCUT2D eigenvalue weighted by Crippen LogP contribution is -2.18. The van der Waals surface area contributed by atoms with E-state index in [1.54, 1.807) is 0 Å². The largest absolute Gasteiger partial charge is 0.307 e. The Hall–Kier alpha value is -0.790. The van der Waals surface area contributed by atoms with E-state index in [1.807, 2.05) is 18.2 Å². The van der Waals surface area contributed by atoms with Crippen molar-refractivity contribution in [2.45, 2.75) is 26.8 Å². The highest BCUT2D eigenvalue weighted by molar-refractivity contribution is 6.31. The average molecular weight is 224 g/mol. The molecule has 0 aliphatic heterocycles. The highest BCUT2D eigenvalue weighted by Crippen LogP contribution is 2.21. The SMILES string of the molecule is CC(C)=CCN[C@@H](C)c1ccccc1Cl. The van der Waals surface area contributed by atoms with Crippen LogP contribution >= 0.6 is 11.6 Å². The highest BCUT2D eigenvalue weighted by Gasteiger charge is 2.06. The van der Waals surface area contributed by atoms with E-state index in [0.717, 1.165) is 17.1 Å². The molecule has 0 aromatic heterocycles. The Morgan fingerprint density at radius 1 is 1.40 bits per heavy atom. The standard InChI is InChI=1S/C13H18ClN/c1-10(2)8-9-15-11(3)12-6-4-5-7-13(12)14/h4-8,11,15H,9H2,1-3H3/t11-/m0/s1. The van der Waals surface area contributed by atoms with Crippen LogP contribution in [0.3, 0.4) is 0 Å². The van der Waals surface area contributed by atoms with E-state index in [2.05, 4.69) is 38.2 Å². The maximum absolute atomic E-state index is 6.11. The van der Waals surface area contributed by atoms with Gasteiger partial charge in [-0.05, 0) is 32.4 Å². The molecule has 0 heterocycles. The molecule has 0 aliphatic rings. The van der Waals surface area contributed by atoms with Gasteiger partial charge in [-0.15, -0.1) is 0 Å². The number of benzene rings is 1. The molecule has 82 valence electrons. The summed E-state index contributed by atoms with van der Waals surface area (Å²) in [6.07, 6.45) is 2.17. The molecule has 2 heteroatoms. The van der Waals surface area contributed by atoms with Crippen LogP contribution in [0.25, 0.3) is 0 Å². The molecule has 0 radical (unpaired) electrons. The molecular weight excluding hydrogens is 206 g/mol. The lowest BCUT2D eigenvalue weighted by Gasteiger charge is -2.14. The van der Waals surface area contributed by atoms with Crippen LogP contribution in [0.15, 0.2) is 35.9 Å². The van der Waals surface area contributed by atoms with Gasteiger partial charge < -0.3 is 5.32 Å². The normalized spacial score (nSPS) is 12.3. The Bertz CT molecular complexity index is 340. The minimum absolute atomic E-state index is 0.286. The van der Waals surface area contributed by atoms with Gasteiger partial charge in [-0.3, -0.25) is 0 Å². The van der Waals surface area contributed by atoms with Crippen LogP contribution in [0.4, 0.5) is 0 Å². The third-order valence-electron chi connectivity index (χ3n) is 2.31. The summed E-state index contributed by atoms with van der Waals surface area (Å²) in [5.74, 6) is 0. The summed E-state index contributed by atoms with van der Waals surface area (Å²) in [5.41, 5.74) is 2.48. The Morgan fingerprint density at radius 2 is 2.07 bits per heavy atom. The maximum atomic E-state index is 6.11. The summed E-state index contributed by atoms with van der Waals surface area (Å²) in [7, 11) is 0. The second kappa shape index (κ2) is 5.94. The molecular formula is C13H18ClN. The van der Waals surface area contributed by atoms with Gasteiger partial charge in [-0.25, -0.2) is 0 Å². The van der Waals surface area contributed by atoms with Crippen molar-refractivity contribution in [3.63, 3.8) is 0 Å². The van der Waals surface area contributed by atoms with E-state index < -0.39 is 0 Å². The number of hydrogen-bond donors (Lipinski definition) is 1. The molecule has 1 atom stereocenters. The van der Waals surface area contributed by atoms with Gasteiger partial charge in [0.15, 0.2) is 0 Å². The van der Waals surface area contributed by atoms with Crippen molar-refractivity contribution < 1.29 is 0 Å². The van der Waals surface area contributed by atoms with Crippen molar-refractivity contribution in [2.24, 2.45) is 0 Å². The van der Waals surface area contributed by atoms with Crippen molar-refractivity contribution >= 4 is 11.6 Å². The summed E-state index contributed by atoms with van der Waals surface area (Å²) in [6.45, 7) is 7.21. The predicted molar refractivity (Wildman–Crippen MR) is 67.3 cm³/mol. The zero-order valence-electron chi connectivity index (χ0n) is 9.55. The second-order valence-electron chi connectivity index (χ2n) is 3.93. The van der Waals surface area contributed by atoms with Gasteiger partial charge in [0.2, 0.25) is 0 Å². The Kier molecular flexibility index (Phi) is 4.86. The van der Waals surface area contributed by atoms with Gasteiger partial charge >= 0.3 is 0 Å². The Balaban J connectivity index is 2.58. The number of nitrogens with one attached hydrogen (secondary N) is 1. The van der Waals surface area contributed by atoms with Gasteiger partial charge in [0.1, 0.15) is 0 Å². The monoisotopic (exact) mass is 223 g/mol. The number of hydrogen-bond acceptors (Lipinski definition) is 1. The third-order valence-corrected chi connectivity index (χ3v) is 2.65. The molecule has 0 bridgehead atoms. The summed E-state index contributed by atoms with van der Waals surface area (Å²) in [5, 5.41) is 4.24. The van der Waals surface area contributed by atoms with Crippen molar-refractivity contribution in [3.05, 3.63) is 46.5 Å². The van der Waals surface area contributed by atoms with E-state index in [9.17, 15) is 0 Å². The van der Waals surface area contributed by atoms with E-state index in [0.29, 0.717) is 0 Å². The van der Waals surface area contributed by atoms with E-state index in [4.69, 9.17) is 11.6 Å². The molecule has 0 spiro atoms. The lowest BCUT2D eigenvalue weighted by molar-refractivity contribution is 0.616. The first kappa shape index (κ1) is 12.3. The van der Waals surface area contributed by atoms with E-state index in [-0.39, 0.29) is 6.04 Å². The van der Waals surface area contributed by atoms with Crippen LogP contribution in [-0.4, -0.2) is 6.54 Å². The van der Waals surface area contributed by atoms with Crippen LogP contribution in [0, 0.1) is 0 Å². The zero-order chi connectivity index (χ0) is 11.3. The molecule has 1 N–H and O–H groups in total. The smallest absolute Gasteiger partial charge is 0.0453 e. The van der Waals surface area contributed by atoms with Crippen molar-refractivity contribution in [1.29, 1.82) is 0 Å². The van der Waals surface area contributed by atoms with Gasteiger partial charge in [0.05, 0.1) is 0 Å². The molecule has 0 saturated carbocycles. The van der Waals surface area contributed by atoms with E-state index in [1.165, 1.54) is 5.57 Å². The average Bonchev–Trinajstić information content (AvgIpc) is 2.17. The van der Waals surface area contributed by atoms with Crippen molar-refractivity contribution in [2.75, 3.05) is 6.54 Å². The Morgan fingerprint density at radius 3 is 2.67 bits per heavy atom. The maximum Gasteiger partial charge on any atom is 0.0453 e. The fourth-order valence-electron chi connectivity index (χ4n) is 1.38. The number of allylic oxidation sites excluding steroid dienone is 1. The molecule has 1 rings (SSSR count). The minimum Gasteiger partial charge on any atom is -0.307 e. The van der Waals surface area contributed by atoms with Crippen LogP contribution < -0.4 is 5.32 Å². The third kappa shape index (κ3) is 4.06. The van der Waals surface area contributed by atoms with Gasteiger partial charge in [0.25, 0.3) is 0 Å². The molecule has 0 amide bonds. The summed E-state index contributed by atoms with van der Waals surface area (Å²) in [4.78, 5) is 0. The number of halogens is 1. The minimum atomic E-state index is 0.286. The van der Waals surface area contributed by atoms with Crippen LogP contribution in [0.2, 0.25) is 5.02 Å². The quantitative estimate of drug-likeness (QED) is 0.762. The van der Waals surface area contributed by atoms with Gasteiger partial charge in [-0.1, -0.05) is 41.4 Å². The predicted octanol–water partition coefficient (Wildman–Crippen LogP) is 3.96. The first-order valence-electron chi connectivity index (χ1n) is 5.22. The van der Waals surface area contributed by atoms with Crippen molar-refractivity contribution in [1.82, 2.24) is 5.32 Å². The van der Waals surface area contributed by atoms with Crippen molar-refractivity contribution in [3.8, 4) is 0 Å². The molecule has 1 aromatic carbocycles. The summed E-state index contributed by atoms with van der Waals surface area (Å²) >= 11 is 6.11. The molecule has 0 saturated heterocycles. The van der Waals surface area contributed by atoms with Crippen LogP contribution in [0.5, 0.6) is 0 Å². The molecule has 1 nitrogen and oxygen atoms in total. The fourth-order valence-corrected chi connectivity index (χ4v) is 1.68. The lowest BCUT2D eigenvalue weighted by atomic mass is 10.1. The van der Waals surface area contributed by atoms with Gasteiger partial charge in [0, 0.05) is 17.6 Å².